The molecule has 0 atom stereocenters. The average Bonchev–Trinajstić information content (AvgIpc) is 2.96. The Morgan fingerprint density at radius 3 is 1.77 bits per heavy atom. The summed E-state index contributed by atoms with van der Waals surface area (Å²) in [6.45, 7) is 10.7. The Kier molecular flexibility index (Phi) is 7.89. The predicted octanol–water partition coefficient (Wildman–Crippen LogP) is 10.7. The lowest BCUT2D eigenvalue weighted by molar-refractivity contribution is 0.414. The molecule has 2 nitrogen and oxygen atoms in total. The molecule has 0 radical (unpaired) electrons. The molecule has 0 aliphatic carbocycles. The smallest absolute Gasteiger partial charge is 0.119 e. The van der Waals surface area contributed by atoms with Crippen molar-refractivity contribution in [2.24, 2.45) is 0 Å². The first-order valence-corrected chi connectivity index (χ1v) is 13.8. The van der Waals surface area contributed by atoms with Crippen molar-refractivity contribution in [1.29, 1.82) is 0 Å². The van der Waals surface area contributed by atoms with Crippen molar-refractivity contribution in [1.82, 2.24) is 0 Å². The standard InChI is InChI=1S/C38H37NO/c1-26-14-18-31(19-15-26)39(32-20-16-27(2)17-21-32)38-23-22-35(36-11-7-8-12-37(36)38)28(3)10-9-13-34-29(4)24-33(40-6)25-30(34)5/h7-25H,1-6H3. The van der Waals surface area contributed by atoms with E-state index < -0.39 is 0 Å². The number of ether oxygens (including phenoxy) is 1. The van der Waals surface area contributed by atoms with E-state index in [1.165, 1.54) is 55.4 Å². The minimum atomic E-state index is 0.899. The van der Waals surface area contributed by atoms with E-state index in [0.29, 0.717) is 0 Å². The van der Waals surface area contributed by atoms with E-state index in [1.54, 1.807) is 7.11 Å². The molecule has 0 heterocycles. The first-order chi connectivity index (χ1) is 19.4. The Morgan fingerprint density at radius 2 is 1.23 bits per heavy atom. The zero-order chi connectivity index (χ0) is 28.2. The average molecular weight is 524 g/mol. The molecule has 40 heavy (non-hydrogen) atoms. The van der Waals surface area contributed by atoms with Gasteiger partial charge in [-0.2, -0.15) is 0 Å². The molecule has 5 aromatic rings. The highest BCUT2D eigenvalue weighted by atomic mass is 16.5. The Morgan fingerprint density at radius 1 is 0.675 bits per heavy atom. The number of hydrogen-bond donors (Lipinski definition) is 0. The van der Waals surface area contributed by atoms with Crippen LogP contribution in [0.15, 0.2) is 109 Å². The lowest BCUT2D eigenvalue weighted by atomic mass is 9.96. The lowest BCUT2D eigenvalue weighted by Gasteiger charge is -2.27. The van der Waals surface area contributed by atoms with E-state index in [0.717, 1.165) is 17.1 Å². The second kappa shape index (κ2) is 11.7. The number of hydrogen-bond acceptors (Lipinski definition) is 2. The van der Waals surface area contributed by atoms with Crippen molar-refractivity contribution < 1.29 is 4.74 Å². The molecular weight excluding hydrogens is 486 g/mol. The zero-order valence-electron chi connectivity index (χ0n) is 24.3. The summed E-state index contributed by atoms with van der Waals surface area (Å²) in [4.78, 5) is 2.36. The fourth-order valence-electron chi connectivity index (χ4n) is 5.33. The summed E-state index contributed by atoms with van der Waals surface area (Å²) in [5.74, 6) is 0.899. The Balaban J connectivity index is 1.58. The van der Waals surface area contributed by atoms with E-state index in [-0.39, 0.29) is 0 Å². The van der Waals surface area contributed by atoms with E-state index in [9.17, 15) is 0 Å². The van der Waals surface area contributed by atoms with Crippen LogP contribution in [0.4, 0.5) is 17.1 Å². The maximum absolute atomic E-state index is 5.43. The van der Waals surface area contributed by atoms with Gasteiger partial charge in [0.2, 0.25) is 0 Å². The normalized spacial score (nSPS) is 11.8. The molecule has 0 aliphatic rings. The molecule has 5 rings (SSSR count). The number of fused-ring (bicyclic) bond motifs is 1. The van der Waals surface area contributed by atoms with E-state index in [1.807, 2.05) is 0 Å². The lowest BCUT2D eigenvalue weighted by Crippen LogP contribution is -2.10. The quantitative estimate of drug-likeness (QED) is 0.197. The van der Waals surface area contributed by atoms with Gasteiger partial charge < -0.3 is 9.64 Å². The number of anilines is 3. The number of allylic oxidation sites excluding steroid dienone is 3. The predicted molar refractivity (Wildman–Crippen MR) is 173 cm³/mol. The highest BCUT2D eigenvalue weighted by molar-refractivity contribution is 6.04. The molecule has 0 saturated heterocycles. The summed E-state index contributed by atoms with van der Waals surface area (Å²) < 4.78 is 5.43. The van der Waals surface area contributed by atoms with Gasteiger partial charge in [0.15, 0.2) is 0 Å². The maximum Gasteiger partial charge on any atom is 0.119 e. The van der Waals surface area contributed by atoms with Gasteiger partial charge in [-0.05, 0) is 110 Å². The fourth-order valence-corrected chi connectivity index (χ4v) is 5.33. The third-order valence-electron chi connectivity index (χ3n) is 7.56. The van der Waals surface area contributed by atoms with Gasteiger partial charge in [0.1, 0.15) is 5.75 Å². The number of benzene rings is 5. The van der Waals surface area contributed by atoms with Crippen molar-refractivity contribution >= 4 is 39.5 Å². The summed E-state index contributed by atoms with van der Waals surface area (Å²) in [5, 5.41) is 2.46. The second-order valence-corrected chi connectivity index (χ2v) is 10.6. The van der Waals surface area contributed by atoms with Crippen LogP contribution in [0.25, 0.3) is 22.4 Å². The molecule has 0 bridgehead atoms. The van der Waals surface area contributed by atoms with Gasteiger partial charge in [-0.15, -0.1) is 0 Å². The number of aryl methyl sites for hydroxylation is 4. The van der Waals surface area contributed by atoms with Gasteiger partial charge in [-0.25, -0.2) is 0 Å². The van der Waals surface area contributed by atoms with Crippen LogP contribution in [0.3, 0.4) is 0 Å². The van der Waals surface area contributed by atoms with Crippen molar-refractivity contribution in [3.63, 3.8) is 0 Å². The second-order valence-electron chi connectivity index (χ2n) is 10.6. The van der Waals surface area contributed by atoms with Gasteiger partial charge in [0.25, 0.3) is 0 Å². The molecule has 0 saturated carbocycles. The third kappa shape index (κ3) is 5.58. The first-order valence-electron chi connectivity index (χ1n) is 13.8. The zero-order valence-corrected chi connectivity index (χ0v) is 24.3. The molecule has 2 heteroatoms. The highest BCUT2D eigenvalue weighted by Crippen LogP contribution is 2.41. The van der Waals surface area contributed by atoms with Crippen LogP contribution >= 0.6 is 0 Å². The van der Waals surface area contributed by atoms with Crippen LogP contribution in [0.5, 0.6) is 5.75 Å². The van der Waals surface area contributed by atoms with Gasteiger partial charge in [0.05, 0.1) is 12.8 Å². The molecule has 0 aliphatic heterocycles. The Bertz CT molecular complexity index is 1640. The summed E-state index contributed by atoms with van der Waals surface area (Å²) in [6.07, 6.45) is 6.56. The molecule has 0 unspecified atom stereocenters. The van der Waals surface area contributed by atoms with Crippen LogP contribution in [0.1, 0.15) is 40.3 Å². The van der Waals surface area contributed by atoms with Gasteiger partial charge in [0, 0.05) is 16.8 Å². The summed E-state index contributed by atoms with van der Waals surface area (Å²) in [7, 11) is 1.71. The third-order valence-corrected chi connectivity index (χ3v) is 7.56. The molecular formula is C38H37NO. The van der Waals surface area contributed by atoms with Crippen LogP contribution in [-0.2, 0) is 0 Å². The van der Waals surface area contributed by atoms with E-state index in [4.69, 9.17) is 4.74 Å². The van der Waals surface area contributed by atoms with E-state index >= 15 is 0 Å². The van der Waals surface area contributed by atoms with Gasteiger partial charge >= 0.3 is 0 Å². The molecule has 0 N–H and O–H groups in total. The van der Waals surface area contributed by atoms with Crippen molar-refractivity contribution in [2.75, 3.05) is 12.0 Å². The minimum absolute atomic E-state index is 0.899. The molecule has 0 aromatic heterocycles. The highest BCUT2D eigenvalue weighted by Gasteiger charge is 2.17. The van der Waals surface area contributed by atoms with E-state index in [2.05, 4.69) is 155 Å². The van der Waals surface area contributed by atoms with Crippen molar-refractivity contribution in [3.05, 3.63) is 143 Å². The SMILES string of the molecule is COc1cc(C)c(C=CC=C(C)c2ccc(N(c3ccc(C)cc3)c3ccc(C)cc3)c3ccccc23)c(C)c1. The number of nitrogens with zero attached hydrogens (tertiary/aromatic N) is 1. The molecule has 5 aromatic carbocycles. The summed E-state index contributed by atoms with van der Waals surface area (Å²) >= 11 is 0. The molecule has 0 fully saturated rings. The van der Waals surface area contributed by atoms with Gasteiger partial charge in [-0.1, -0.05) is 84.0 Å². The number of rotatable bonds is 7. The van der Waals surface area contributed by atoms with Crippen LogP contribution in [-0.4, -0.2) is 7.11 Å². The largest absolute Gasteiger partial charge is 0.497 e. The van der Waals surface area contributed by atoms with Crippen LogP contribution in [0.2, 0.25) is 0 Å². The molecule has 0 amide bonds. The topological polar surface area (TPSA) is 12.5 Å². The Hall–Kier alpha value is -4.56. The maximum atomic E-state index is 5.43. The van der Waals surface area contributed by atoms with Crippen LogP contribution in [0, 0.1) is 27.7 Å². The van der Waals surface area contributed by atoms with Gasteiger partial charge in [-0.3, -0.25) is 0 Å². The Labute approximate surface area is 238 Å². The first kappa shape index (κ1) is 27.0. The molecule has 0 spiro atoms. The van der Waals surface area contributed by atoms with Crippen molar-refractivity contribution in [2.45, 2.75) is 34.6 Å². The fraction of sp³-hybridized carbons (Fsp3) is 0.158. The van der Waals surface area contributed by atoms with Crippen molar-refractivity contribution in [3.8, 4) is 5.75 Å². The van der Waals surface area contributed by atoms with Crippen LogP contribution < -0.4 is 9.64 Å². The number of methoxy groups -OCH3 is 1. The summed E-state index contributed by atoms with van der Waals surface area (Å²) in [5.41, 5.74) is 12.1. The monoisotopic (exact) mass is 523 g/mol. The summed E-state index contributed by atoms with van der Waals surface area (Å²) in [6, 6.07) is 35.0. The molecule has 200 valence electrons. The minimum Gasteiger partial charge on any atom is -0.497 e.